The molecule has 0 unspecified atom stereocenters. The minimum atomic E-state index is -1.25. The van der Waals surface area contributed by atoms with E-state index in [9.17, 15) is 9.59 Å². The number of aromatic nitrogens is 1. The van der Waals surface area contributed by atoms with Gasteiger partial charge in [-0.05, 0) is 26.0 Å². The van der Waals surface area contributed by atoms with Gasteiger partial charge in [0.05, 0.1) is 23.2 Å². The van der Waals surface area contributed by atoms with Crippen LogP contribution in [0.1, 0.15) is 24.2 Å². The lowest BCUT2D eigenvalue weighted by Crippen LogP contribution is -2.19. The Hall–Kier alpha value is -2.54. The highest BCUT2D eigenvalue weighted by Crippen LogP contribution is 2.29. The van der Waals surface area contributed by atoms with Crippen LogP contribution >= 0.6 is 0 Å². The molecule has 0 saturated carbocycles. The van der Waals surface area contributed by atoms with Crippen molar-refractivity contribution in [3.8, 4) is 5.75 Å². The van der Waals surface area contributed by atoms with E-state index in [0.717, 1.165) is 0 Å². The number of fused-ring (bicyclic) bond motifs is 1. The molecule has 0 fully saturated rings. The van der Waals surface area contributed by atoms with Crippen LogP contribution in [0.4, 0.5) is 5.69 Å². The first kappa shape index (κ1) is 14.9. The monoisotopic (exact) mass is 291 g/mol. The number of carboxylic acids is 1. The van der Waals surface area contributed by atoms with Gasteiger partial charge in [0, 0.05) is 12.7 Å². The summed E-state index contributed by atoms with van der Waals surface area (Å²) in [5.41, 5.74) is 2.86. The summed E-state index contributed by atoms with van der Waals surface area (Å²) in [6.45, 7) is 4.60. The molecule has 0 saturated heterocycles. The molecule has 2 rings (SSSR count). The van der Waals surface area contributed by atoms with Gasteiger partial charge < -0.3 is 19.8 Å². The lowest BCUT2D eigenvalue weighted by atomic mass is 10.1. The molecule has 2 aromatic rings. The molecule has 21 heavy (non-hydrogen) atoms. The van der Waals surface area contributed by atoms with E-state index >= 15 is 0 Å². The average molecular weight is 291 g/mol. The zero-order valence-corrected chi connectivity index (χ0v) is 11.8. The Kier molecular flexibility index (Phi) is 4.13. The fourth-order valence-corrected chi connectivity index (χ4v) is 2.22. The van der Waals surface area contributed by atoms with Gasteiger partial charge in [0.1, 0.15) is 11.3 Å². The highest BCUT2D eigenvalue weighted by atomic mass is 16.5. The van der Waals surface area contributed by atoms with Crippen molar-refractivity contribution in [1.82, 2.24) is 4.57 Å². The lowest BCUT2D eigenvalue weighted by molar-refractivity contribution is 0.0695. The minimum Gasteiger partial charge on any atom is -0.492 e. The molecule has 0 amide bonds. The zero-order valence-electron chi connectivity index (χ0n) is 11.8. The van der Waals surface area contributed by atoms with E-state index in [-0.39, 0.29) is 5.56 Å². The van der Waals surface area contributed by atoms with E-state index in [1.54, 1.807) is 10.6 Å². The van der Waals surface area contributed by atoms with E-state index in [2.05, 4.69) is 5.43 Å². The molecular formula is C14H17N3O4. The van der Waals surface area contributed by atoms with Crippen molar-refractivity contribution in [3.63, 3.8) is 0 Å². The predicted molar refractivity (Wildman–Crippen MR) is 79.8 cm³/mol. The van der Waals surface area contributed by atoms with Crippen molar-refractivity contribution in [2.24, 2.45) is 5.84 Å². The first-order valence-corrected chi connectivity index (χ1v) is 6.57. The zero-order chi connectivity index (χ0) is 15.6. The molecular weight excluding hydrogens is 274 g/mol. The second-order valence-corrected chi connectivity index (χ2v) is 4.41. The molecule has 7 nitrogen and oxygen atoms in total. The number of nitrogens with zero attached hydrogens (tertiary/aromatic N) is 1. The smallest absolute Gasteiger partial charge is 0.341 e. The predicted octanol–water partition coefficient (Wildman–Crippen LogP) is 1.40. The lowest BCUT2D eigenvalue weighted by Gasteiger charge is -2.15. The molecule has 0 aliphatic rings. The number of hydrogen-bond donors (Lipinski definition) is 3. The number of carboxylic acid groups (broad SMARTS) is 1. The van der Waals surface area contributed by atoms with Crippen LogP contribution in [0.2, 0.25) is 0 Å². The normalized spacial score (nSPS) is 10.6. The van der Waals surface area contributed by atoms with Crippen molar-refractivity contribution in [2.45, 2.75) is 20.4 Å². The molecule has 0 atom stereocenters. The maximum atomic E-state index is 12.3. The largest absolute Gasteiger partial charge is 0.492 e. The summed E-state index contributed by atoms with van der Waals surface area (Å²) in [5, 5.41) is 9.43. The van der Waals surface area contributed by atoms with Gasteiger partial charge in [-0.25, -0.2) is 4.79 Å². The van der Waals surface area contributed by atoms with Crippen molar-refractivity contribution in [2.75, 3.05) is 12.0 Å². The Morgan fingerprint density at radius 3 is 2.67 bits per heavy atom. The maximum Gasteiger partial charge on any atom is 0.341 e. The van der Waals surface area contributed by atoms with E-state index in [4.69, 9.17) is 15.7 Å². The number of hydrogen-bond acceptors (Lipinski definition) is 5. The molecule has 0 radical (unpaired) electrons. The molecule has 7 heteroatoms. The number of nitrogens with one attached hydrogen (secondary N) is 1. The molecule has 1 heterocycles. The van der Waals surface area contributed by atoms with E-state index < -0.39 is 11.4 Å². The van der Waals surface area contributed by atoms with Crippen LogP contribution in [-0.2, 0) is 6.54 Å². The van der Waals surface area contributed by atoms with E-state index in [1.807, 2.05) is 13.8 Å². The van der Waals surface area contributed by atoms with Gasteiger partial charge >= 0.3 is 5.97 Å². The summed E-state index contributed by atoms with van der Waals surface area (Å²) >= 11 is 0. The SMILES string of the molecule is CCOc1cc2c(=O)c(C(=O)O)cn(CC)c2cc1NN. The molecule has 0 aliphatic carbocycles. The van der Waals surface area contributed by atoms with Crippen molar-refractivity contribution in [1.29, 1.82) is 0 Å². The van der Waals surface area contributed by atoms with Crippen LogP contribution in [0, 0.1) is 0 Å². The summed E-state index contributed by atoms with van der Waals surface area (Å²) in [7, 11) is 0. The van der Waals surface area contributed by atoms with Gasteiger partial charge in [0.25, 0.3) is 0 Å². The topological polar surface area (TPSA) is 107 Å². The molecule has 112 valence electrons. The standard InChI is InChI=1S/C14H17N3O4/c1-3-17-7-9(14(19)20)13(18)8-5-12(21-4-2)10(16-15)6-11(8)17/h5-7,16H,3-4,15H2,1-2H3,(H,19,20). The third-order valence-electron chi connectivity index (χ3n) is 3.21. The van der Waals surface area contributed by atoms with Gasteiger partial charge in [-0.1, -0.05) is 0 Å². The second-order valence-electron chi connectivity index (χ2n) is 4.41. The number of nitrogens with two attached hydrogens (primary N) is 1. The van der Waals surface area contributed by atoms with E-state index in [1.165, 1.54) is 12.3 Å². The highest BCUT2D eigenvalue weighted by molar-refractivity contribution is 5.94. The average Bonchev–Trinajstić information content (AvgIpc) is 2.47. The molecule has 4 N–H and O–H groups in total. The Balaban J connectivity index is 2.88. The molecule has 0 spiro atoms. The van der Waals surface area contributed by atoms with E-state index in [0.29, 0.717) is 35.5 Å². The number of ether oxygens (including phenoxy) is 1. The number of aryl methyl sites for hydroxylation is 1. The number of nitrogen functional groups attached to an aromatic ring is 1. The number of rotatable bonds is 5. The van der Waals surface area contributed by atoms with Gasteiger partial charge in [-0.2, -0.15) is 0 Å². The first-order chi connectivity index (χ1) is 10.0. The summed E-state index contributed by atoms with van der Waals surface area (Å²) in [6, 6.07) is 3.20. The Bertz CT molecular complexity index is 752. The van der Waals surface area contributed by atoms with Crippen molar-refractivity contribution in [3.05, 3.63) is 34.1 Å². The Morgan fingerprint density at radius 2 is 2.14 bits per heavy atom. The second kappa shape index (κ2) is 5.84. The number of anilines is 1. The summed E-state index contributed by atoms with van der Waals surface area (Å²) in [4.78, 5) is 23.5. The molecule has 0 bridgehead atoms. The summed E-state index contributed by atoms with van der Waals surface area (Å²) in [5.74, 6) is 4.63. The third-order valence-corrected chi connectivity index (χ3v) is 3.21. The summed E-state index contributed by atoms with van der Waals surface area (Å²) < 4.78 is 7.12. The van der Waals surface area contributed by atoms with Crippen LogP contribution in [0.15, 0.2) is 23.1 Å². The van der Waals surface area contributed by atoms with Gasteiger partial charge in [-0.3, -0.25) is 10.6 Å². The van der Waals surface area contributed by atoms with Crippen LogP contribution in [-0.4, -0.2) is 22.2 Å². The number of aromatic carboxylic acids is 1. The maximum absolute atomic E-state index is 12.3. The first-order valence-electron chi connectivity index (χ1n) is 6.57. The van der Waals surface area contributed by atoms with Crippen molar-refractivity contribution >= 4 is 22.6 Å². The van der Waals surface area contributed by atoms with Gasteiger partial charge in [0.2, 0.25) is 5.43 Å². The molecule has 1 aromatic heterocycles. The summed E-state index contributed by atoms with van der Waals surface area (Å²) in [6.07, 6.45) is 1.34. The highest BCUT2D eigenvalue weighted by Gasteiger charge is 2.16. The number of benzene rings is 1. The third kappa shape index (κ3) is 2.55. The quantitative estimate of drug-likeness (QED) is 0.568. The Labute approximate surface area is 120 Å². The molecule has 0 aliphatic heterocycles. The van der Waals surface area contributed by atoms with Crippen LogP contribution in [0.5, 0.6) is 5.75 Å². The molecule has 1 aromatic carbocycles. The Morgan fingerprint density at radius 1 is 1.43 bits per heavy atom. The van der Waals surface area contributed by atoms with Crippen LogP contribution in [0.3, 0.4) is 0 Å². The van der Waals surface area contributed by atoms with Gasteiger partial charge in [0.15, 0.2) is 0 Å². The fourth-order valence-electron chi connectivity index (χ4n) is 2.22. The number of pyridine rings is 1. The minimum absolute atomic E-state index is 0.264. The number of carbonyl (C=O) groups is 1. The van der Waals surface area contributed by atoms with Crippen molar-refractivity contribution < 1.29 is 14.6 Å². The van der Waals surface area contributed by atoms with Crippen LogP contribution < -0.4 is 21.4 Å². The van der Waals surface area contributed by atoms with Crippen LogP contribution in [0.25, 0.3) is 10.9 Å². The fraction of sp³-hybridized carbons (Fsp3) is 0.286. The number of hydrazine groups is 1. The van der Waals surface area contributed by atoms with Gasteiger partial charge in [-0.15, -0.1) is 0 Å².